The predicted molar refractivity (Wildman–Crippen MR) is 50.5 cm³/mol. The average molecular weight is 192 g/mol. The third kappa shape index (κ3) is 3.11. The third-order valence-electron chi connectivity index (χ3n) is 1.50. The van der Waals surface area contributed by atoms with Crippen molar-refractivity contribution in [2.24, 2.45) is 10.7 Å². The smallest absolute Gasteiger partial charge is 0.202 e. The summed E-state index contributed by atoms with van der Waals surface area (Å²) >= 11 is 0. The van der Waals surface area contributed by atoms with Crippen LogP contribution >= 0.6 is 0 Å². The first-order valence-corrected chi connectivity index (χ1v) is 3.92. The van der Waals surface area contributed by atoms with Crippen LogP contribution in [0.1, 0.15) is 5.56 Å². The summed E-state index contributed by atoms with van der Waals surface area (Å²) in [6, 6.07) is 6.04. The second kappa shape index (κ2) is 4.82. The summed E-state index contributed by atoms with van der Waals surface area (Å²) in [4.78, 5) is 3.82. The van der Waals surface area contributed by atoms with Gasteiger partial charge >= 0.3 is 0 Å². The molecule has 0 heterocycles. The fourth-order valence-electron chi connectivity index (χ4n) is 0.909. The predicted octanol–water partition coefficient (Wildman–Crippen LogP) is 0.711. The highest BCUT2D eigenvalue weighted by Gasteiger charge is 1.94. The Morgan fingerprint density at radius 2 is 2.43 bits per heavy atom. The first-order valence-electron chi connectivity index (χ1n) is 3.92. The Labute approximate surface area is 80.9 Å². The van der Waals surface area contributed by atoms with E-state index in [1.165, 1.54) is 12.1 Å². The minimum absolute atomic E-state index is 0.0248. The maximum absolute atomic E-state index is 12.7. The molecule has 0 fully saturated rings. The van der Waals surface area contributed by atoms with Gasteiger partial charge in [0.05, 0.1) is 6.54 Å². The van der Waals surface area contributed by atoms with Gasteiger partial charge in [-0.15, -0.1) is 0 Å². The van der Waals surface area contributed by atoms with E-state index in [2.05, 4.69) is 10.3 Å². The molecular formula is C9H9FN4. The molecule has 0 aliphatic rings. The van der Waals surface area contributed by atoms with Crippen LogP contribution < -0.4 is 11.1 Å². The second-order valence-electron chi connectivity index (χ2n) is 2.57. The zero-order valence-corrected chi connectivity index (χ0v) is 7.37. The lowest BCUT2D eigenvalue weighted by atomic mass is 10.2. The van der Waals surface area contributed by atoms with Crippen LogP contribution in [-0.4, -0.2) is 5.96 Å². The lowest BCUT2D eigenvalue weighted by Gasteiger charge is -1.98. The number of nitrogens with zero attached hydrogens (tertiary/aromatic N) is 2. The Balaban J connectivity index is 2.62. The Morgan fingerprint density at radius 3 is 3.07 bits per heavy atom. The zero-order valence-electron chi connectivity index (χ0n) is 7.37. The summed E-state index contributed by atoms with van der Waals surface area (Å²) in [7, 11) is 0. The number of rotatable bonds is 2. The van der Waals surface area contributed by atoms with Crippen LogP contribution in [0.2, 0.25) is 0 Å². The third-order valence-corrected chi connectivity index (χ3v) is 1.50. The maximum atomic E-state index is 12.7. The molecule has 1 aromatic rings. The quantitative estimate of drug-likeness (QED) is 0.313. The van der Waals surface area contributed by atoms with Gasteiger partial charge in [0.2, 0.25) is 5.96 Å². The van der Waals surface area contributed by atoms with E-state index < -0.39 is 0 Å². The Bertz CT molecular complexity index is 381. The Kier molecular flexibility index (Phi) is 3.44. The van der Waals surface area contributed by atoms with Crippen LogP contribution in [0.5, 0.6) is 0 Å². The fourth-order valence-corrected chi connectivity index (χ4v) is 0.909. The average Bonchev–Trinajstić information content (AvgIpc) is 2.15. The number of hydrogen-bond donors (Lipinski definition) is 2. The molecule has 0 unspecified atom stereocenters. The van der Waals surface area contributed by atoms with Crippen LogP contribution in [-0.2, 0) is 6.54 Å². The monoisotopic (exact) mass is 192 g/mol. The zero-order chi connectivity index (χ0) is 10.4. The SMILES string of the molecule is N#CNC(N)=NCc1cccc(F)c1. The van der Waals surface area contributed by atoms with Crippen LogP contribution in [0.4, 0.5) is 4.39 Å². The Morgan fingerprint density at radius 1 is 1.64 bits per heavy atom. The lowest BCUT2D eigenvalue weighted by Crippen LogP contribution is -2.27. The van der Waals surface area contributed by atoms with Gasteiger partial charge in [0.25, 0.3) is 0 Å². The van der Waals surface area contributed by atoms with Gasteiger partial charge in [-0.1, -0.05) is 12.1 Å². The van der Waals surface area contributed by atoms with Crippen molar-refractivity contribution < 1.29 is 4.39 Å². The molecule has 0 saturated heterocycles. The summed E-state index contributed by atoms with van der Waals surface area (Å²) in [6.45, 7) is 0.248. The molecule has 0 bridgehead atoms. The summed E-state index contributed by atoms with van der Waals surface area (Å²) in [5, 5.41) is 10.4. The summed E-state index contributed by atoms with van der Waals surface area (Å²) in [5.74, 6) is -0.290. The molecule has 3 N–H and O–H groups in total. The molecule has 0 amide bonds. The number of nitrogens with one attached hydrogen (secondary N) is 1. The molecule has 0 saturated carbocycles. The van der Waals surface area contributed by atoms with Crippen molar-refractivity contribution in [1.82, 2.24) is 5.32 Å². The minimum atomic E-state index is -0.315. The van der Waals surface area contributed by atoms with Crippen molar-refractivity contribution in [3.05, 3.63) is 35.6 Å². The van der Waals surface area contributed by atoms with Crippen molar-refractivity contribution in [2.75, 3.05) is 0 Å². The van der Waals surface area contributed by atoms with E-state index in [1.807, 2.05) is 0 Å². The number of benzene rings is 1. The molecular weight excluding hydrogens is 183 g/mol. The number of nitriles is 1. The largest absolute Gasteiger partial charge is 0.369 e. The maximum Gasteiger partial charge on any atom is 0.202 e. The molecule has 0 radical (unpaired) electrons. The van der Waals surface area contributed by atoms with Crippen molar-refractivity contribution in [1.29, 1.82) is 5.26 Å². The van der Waals surface area contributed by atoms with Crippen LogP contribution in [0.3, 0.4) is 0 Å². The lowest BCUT2D eigenvalue weighted by molar-refractivity contribution is 0.625. The number of hydrogen-bond acceptors (Lipinski definition) is 2. The van der Waals surface area contributed by atoms with Gasteiger partial charge in [-0.25, -0.2) is 9.38 Å². The molecule has 72 valence electrons. The number of guanidine groups is 1. The normalized spacial score (nSPS) is 10.7. The standard InChI is InChI=1S/C9H9FN4/c10-8-3-1-2-7(4-8)5-13-9(12)14-6-11/h1-4H,5H2,(H3,12,13,14). The topological polar surface area (TPSA) is 74.2 Å². The highest BCUT2D eigenvalue weighted by atomic mass is 19.1. The summed E-state index contributed by atoms with van der Waals surface area (Å²) < 4.78 is 12.7. The van der Waals surface area contributed by atoms with Gasteiger partial charge in [-0.05, 0) is 17.7 Å². The molecule has 4 nitrogen and oxygen atoms in total. The molecule has 1 aromatic carbocycles. The van der Waals surface area contributed by atoms with Crippen molar-refractivity contribution in [3.63, 3.8) is 0 Å². The highest BCUT2D eigenvalue weighted by Crippen LogP contribution is 2.04. The van der Waals surface area contributed by atoms with Gasteiger partial charge in [0, 0.05) is 0 Å². The molecule has 0 aliphatic heterocycles. The van der Waals surface area contributed by atoms with E-state index in [0.717, 1.165) is 0 Å². The molecule has 0 spiro atoms. The van der Waals surface area contributed by atoms with Gasteiger partial charge < -0.3 is 5.73 Å². The van der Waals surface area contributed by atoms with E-state index in [9.17, 15) is 4.39 Å². The van der Waals surface area contributed by atoms with E-state index in [0.29, 0.717) is 5.56 Å². The molecule has 0 aliphatic carbocycles. The van der Waals surface area contributed by atoms with E-state index in [1.54, 1.807) is 18.3 Å². The van der Waals surface area contributed by atoms with Gasteiger partial charge in [0.1, 0.15) is 5.82 Å². The molecule has 1 rings (SSSR count). The number of nitrogens with two attached hydrogens (primary N) is 1. The summed E-state index contributed by atoms with van der Waals surface area (Å²) in [5.41, 5.74) is 5.99. The van der Waals surface area contributed by atoms with Gasteiger partial charge in [0.15, 0.2) is 6.19 Å². The highest BCUT2D eigenvalue weighted by molar-refractivity contribution is 5.79. The van der Waals surface area contributed by atoms with Crippen LogP contribution in [0.25, 0.3) is 0 Å². The number of halogens is 1. The Hall–Kier alpha value is -2.09. The number of aliphatic imine (C=N–C) groups is 1. The van der Waals surface area contributed by atoms with E-state index in [4.69, 9.17) is 11.0 Å². The first kappa shape index (κ1) is 9.99. The van der Waals surface area contributed by atoms with Gasteiger partial charge in [-0.2, -0.15) is 5.26 Å². The molecule has 5 heteroatoms. The molecule has 0 atom stereocenters. The second-order valence-corrected chi connectivity index (χ2v) is 2.57. The molecule has 0 aromatic heterocycles. The van der Waals surface area contributed by atoms with E-state index >= 15 is 0 Å². The van der Waals surface area contributed by atoms with Crippen molar-refractivity contribution in [3.8, 4) is 6.19 Å². The molecule has 14 heavy (non-hydrogen) atoms. The van der Waals surface area contributed by atoms with Crippen LogP contribution in [0, 0.1) is 17.3 Å². The fraction of sp³-hybridized carbons (Fsp3) is 0.111. The van der Waals surface area contributed by atoms with Crippen LogP contribution in [0.15, 0.2) is 29.3 Å². The first-order chi connectivity index (χ1) is 6.72. The minimum Gasteiger partial charge on any atom is -0.369 e. The van der Waals surface area contributed by atoms with E-state index in [-0.39, 0.29) is 18.3 Å². The van der Waals surface area contributed by atoms with Crippen molar-refractivity contribution in [2.45, 2.75) is 6.54 Å². The van der Waals surface area contributed by atoms with Gasteiger partial charge in [-0.3, -0.25) is 5.32 Å². The summed E-state index contributed by atoms with van der Waals surface area (Å²) in [6.07, 6.45) is 1.64. The van der Waals surface area contributed by atoms with Crippen molar-refractivity contribution >= 4 is 5.96 Å².